The molecule has 234 valence electrons. The van der Waals surface area contributed by atoms with Crippen LogP contribution in [0.1, 0.15) is 80.4 Å². The first-order chi connectivity index (χ1) is 21.9. The number of halogens is 2. The largest absolute Gasteiger partial charge is 0.508 e. The molecule has 5 heterocycles. The minimum atomic E-state index is -0.873. The fourth-order valence-electron chi connectivity index (χ4n) is 9.82. The topological polar surface area (TPSA) is 73.8 Å². The predicted octanol–water partition coefficient (Wildman–Crippen LogP) is 5.63. The van der Waals surface area contributed by atoms with E-state index in [4.69, 9.17) is 21.1 Å². The van der Waals surface area contributed by atoms with Crippen molar-refractivity contribution in [2.45, 2.75) is 87.5 Å². The number of hydrogen-bond donors (Lipinski definition) is 2. The number of benzene rings is 2. The molecule has 2 bridgehead atoms. The quantitative estimate of drug-likeness (QED) is 0.350. The molecule has 3 unspecified atom stereocenters. The van der Waals surface area contributed by atoms with Crippen LogP contribution in [-0.4, -0.2) is 76.6 Å². The zero-order valence-corrected chi connectivity index (χ0v) is 25.7. The van der Waals surface area contributed by atoms with Crippen LogP contribution in [0.15, 0.2) is 18.2 Å². The van der Waals surface area contributed by atoms with E-state index in [0.717, 1.165) is 69.3 Å². The van der Waals surface area contributed by atoms with Gasteiger partial charge in [0.2, 0.25) is 0 Å². The van der Waals surface area contributed by atoms with Crippen molar-refractivity contribution in [3.8, 4) is 35.2 Å². The van der Waals surface area contributed by atoms with E-state index in [1.807, 2.05) is 12.1 Å². The second kappa shape index (κ2) is 10.0. The molecule has 0 amide bonds. The second-order valence-corrected chi connectivity index (χ2v) is 14.4. The molecular formula is C36H39F2N5O2. The smallest absolute Gasteiger partial charge is 0.319 e. The zero-order chi connectivity index (χ0) is 30.6. The summed E-state index contributed by atoms with van der Waals surface area (Å²) in [4.78, 5) is 14.1. The van der Waals surface area contributed by atoms with Crippen LogP contribution in [0.5, 0.6) is 11.8 Å². The third kappa shape index (κ3) is 4.21. The lowest BCUT2D eigenvalue weighted by Crippen LogP contribution is -2.51. The maximum Gasteiger partial charge on any atom is 0.319 e. The van der Waals surface area contributed by atoms with E-state index in [9.17, 15) is 9.50 Å². The lowest BCUT2D eigenvalue weighted by Gasteiger charge is -2.35. The molecular weight excluding hydrogens is 572 g/mol. The SMILES string of the molecule is C#Cc1cc2c(N3C[C@H]4CC[C@@H](C3)N4)nc(OC[C@@]34CCCN3C[C@H](F)C4)nc2c(F)c1-c1cc(O)cc2c1C(CC)C1CC21. The van der Waals surface area contributed by atoms with Gasteiger partial charge in [-0.3, -0.25) is 4.90 Å². The average molecular weight is 612 g/mol. The Morgan fingerprint density at radius 3 is 2.78 bits per heavy atom. The van der Waals surface area contributed by atoms with Gasteiger partial charge in [-0.1, -0.05) is 12.8 Å². The van der Waals surface area contributed by atoms with Crippen LogP contribution < -0.4 is 15.0 Å². The number of fused-ring (bicyclic) bond motifs is 7. The fraction of sp³-hybridized carbons (Fsp3) is 0.556. The molecule has 6 aliphatic rings. The van der Waals surface area contributed by atoms with Crippen LogP contribution in [0.4, 0.5) is 14.6 Å². The summed E-state index contributed by atoms with van der Waals surface area (Å²) in [7, 11) is 0. The minimum Gasteiger partial charge on any atom is -0.508 e. The van der Waals surface area contributed by atoms with Gasteiger partial charge in [-0.05, 0) is 97.7 Å². The molecule has 9 rings (SSSR count). The first-order valence-corrected chi connectivity index (χ1v) is 16.8. The molecule has 9 heteroatoms. The molecule has 2 aromatic carbocycles. The van der Waals surface area contributed by atoms with E-state index < -0.39 is 12.0 Å². The number of ether oxygens (including phenoxy) is 1. The van der Waals surface area contributed by atoms with Gasteiger partial charge in [0, 0.05) is 54.7 Å². The number of rotatable bonds is 6. The van der Waals surface area contributed by atoms with Gasteiger partial charge in [-0.25, -0.2) is 8.78 Å². The lowest BCUT2D eigenvalue weighted by molar-refractivity contribution is 0.107. The molecule has 7 atom stereocenters. The van der Waals surface area contributed by atoms with Crippen LogP contribution in [0.25, 0.3) is 22.0 Å². The Labute approximate surface area is 262 Å². The van der Waals surface area contributed by atoms with Gasteiger partial charge in [-0.2, -0.15) is 9.97 Å². The molecule has 0 radical (unpaired) electrons. The van der Waals surface area contributed by atoms with Crippen LogP contribution in [-0.2, 0) is 0 Å². The van der Waals surface area contributed by atoms with Gasteiger partial charge in [0.1, 0.15) is 29.9 Å². The van der Waals surface area contributed by atoms with Crippen LogP contribution in [0, 0.1) is 24.1 Å². The maximum atomic E-state index is 17.2. The van der Waals surface area contributed by atoms with E-state index in [2.05, 4.69) is 28.0 Å². The summed E-state index contributed by atoms with van der Waals surface area (Å²) in [5.74, 6) is 4.27. The zero-order valence-electron chi connectivity index (χ0n) is 25.7. The Hall–Kier alpha value is -3.48. The second-order valence-electron chi connectivity index (χ2n) is 14.4. The van der Waals surface area contributed by atoms with E-state index >= 15 is 4.39 Å². The number of phenols is 1. The van der Waals surface area contributed by atoms with Crippen molar-refractivity contribution in [2.24, 2.45) is 5.92 Å². The van der Waals surface area contributed by atoms with Crippen molar-refractivity contribution in [3.05, 3.63) is 40.7 Å². The molecule has 0 spiro atoms. The Kier molecular flexibility index (Phi) is 6.18. The summed E-state index contributed by atoms with van der Waals surface area (Å²) in [6.07, 6.45) is 11.8. The standard InChI is InChI=1S/C36H39F2N5O2/c1-3-19-10-29-33(32(38)30(19)28-12-23(44)11-27-26-13-25(26)24(4-2)31(27)28)40-35(41-34(29)42-16-21-6-7-22(17-42)39-21)45-18-36-8-5-9-43(36)15-20(37)14-36/h1,10-12,20-22,24-26,39,44H,4-9,13-18H2,2H3/t20-,21-,22+,24?,25?,26?,36+/m1/s1. The third-order valence-corrected chi connectivity index (χ3v) is 11.8. The van der Waals surface area contributed by atoms with Crippen LogP contribution in [0.3, 0.4) is 0 Å². The number of aromatic hydroxyl groups is 1. The molecule has 4 saturated heterocycles. The first-order valence-electron chi connectivity index (χ1n) is 16.8. The summed E-state index contributed by atoms with van der Waals surface area (Å²) >= 11 is 0. The Morgan fingerprint density at radius 1 is 1.18 bits per heavy atom. The maximum absolute atomic E-state index is 17.2. The monoisotopic (exact) mass is 611 g/mol. The molecule has 2 aliphatic carbocycles. The van der Waals surface area contributed by atoms with Crippen molar-refractivity contribution in [3.63, 3.8) is 0 Å². The highest BCUT2D eigenvalue weighted by atomic mass is 19.1. The molecule has 2 N–H and O–H groups in total. The number of nitrogens with one attached hydrogen (secondary N) is 1. The van der Waals surface area contributed by atoms with Gasteiger partial charge in [0.25, 0.3) is 0 Å². The average Bonchev–Trinajstić information content (AvgIpc) is 3.26. The highest BCUT2D eigenvalue weighted by Gasteiger charge is 2.52. The van der Waals surface area contributed by atoms with Crippen molar-refractivity contribution in [1.82, 2.24) is 20.2 Å². The van der Waals surface area contributed by atoms with E-state index in [-0.39, 0.29) is 29.4 Å². The lowest BCUT2D eigenvalue weighted by atomic mass is 9.84. The molecule has 4 aliphatic heterocycles. The minimum absolute atomic E-state index is 0.110. The number of anilines is 1. The Bertz CT molecular complexity index is 1760. The summed E-state index contributed by atoms with van der Waals surface area (Å²) in [5.41, 5.74) is 3.43. The van der Waals surface area contributed by atoms with Gasteiger partial charge in [0.15, 0.2) is 5.82 Å². The van der Waals surface area contributed by atoms with Crippen molar-refractivity contribution >= 4 is 16.7 Å². The number of alkyl halides is 1. The number of piperazine rings is 1. The summed E-state index contributed by atoms with van der Waals surface area (Å²) in [6, 6.07) is 6.17. The molecule has 1 saturated carbocycles. The summed E-state index contributed by atoms with van der Waals surface area (Å²) in [6.45, 7) is 5.23. The highest BCUT2D eigenvalue weighted by Crippen LogP contribution is 2.66. The number of phenolic OH excluding ortho intramolecular Hbond substituents is 1. The van der Waals surface area contributed by atoms with Gasteiger partial charge < -0.3 is 20.1 Å². The summed E-state index contributed by atoms with van der Waals surface area (Å²) < 4.78 is 38.1. The van der Waals surface area contributed by atoms with Crippen molar-refractivity contribution < 1.29 is 18.6 Å². The van der Waals surface area contributed by atoms with E-state index in [1.165, 1.54) is 0 Å². The third-order valence-electron chi connectivity index (χ3n) is 11.8. The van der Waals surface area contributed by atoms with Crippen LogP contribution in [0.2, 0.25) is 0 Å². The molecule has 45 heavy (non-hydrogen) atoms. The van der Waals surface area contributed by atoms with E-state index in [0.29, 0.717) is 70.7 Å². The van der Waals surface area contributed by atoms with E-state index in [1.54, 1.807) is 6.07 Å². The summed E-state index contributed by atoms with van der Waals surface area (Å²) in [5, 5.41) is 15.1. The number of aromatic nitrogens is 2. The van der Waals surface area contributed by atoms with Gasteiger partial charge in [0.05, 0.1) is 5.54 Å². The van der Waals surface area contributed by atoms with Crippen molar-refractivity contribution in [1.29, 1.82) is 0 Å². The number of hydrogen-bond acceptors (Lipinski definition) is 7. The van der Waals surface area contributed by atoms with Gasteiger partial charge >= 0.3 is 6.01 Å². The number of nitrogens with zero attached hydrogens (tertiary/aromatic N) is 4. The molecule has 7 nitrogen and oxygen atoms in total. The number of terminal acetylenes is 1. The Morgan fingerprint density at radius 2 is 2.00 bits per heavy atom. The highest BCUT2D eigenvalue weighted by molar-refractivity contribution is 5.97. The molecule has 5 fully saturated rings. The first kappa shape index (κ1) is 27.8. The van der Waals surface area contributed by atoms with Crippen molar-refractivity contribution in [2.75, 3.05) is 37.7 Å². The normalized spacial score (nSPS) is 32.9. The van der Waals surface area contributed by atoms with Gasteiger partial charge in [-0.15, -0.1) is 6.42 Å². The fourth-order valence-corrected chi connectivity index (χ4v) is 9.82. The van der Waals surface area contributed by atoms with Crippen LogP contribution >= 0.6 is 0 Å². The predicted molar refractivity (Wildman–Crippen MR) is 169 cm³/mol. The molecule has 1 aromatic heterocycles. The molecule has 3 aromatic rings. The Balaban J connectivity index is 1.20.